The number of non-ortho nitro benzene ring substituents is 1. The molecule has 5 aromatic rings. The van der Waals surface area contributed by atoms with Crippen molar-refractivity contribution in [1.29, 1.82) is 0 Å². The normalized spacial score (nSPS) is 10.9. The van der Waals surface area contributed by atoms with Crippen LogP contribution in [-0.2, 0) is 13.6 Å². The Bertz CT molecular complexity index is 1710. The Morgan fingerprint density at radius 2 is 1.65 bits per heavy atom. The minimum Gasteiger partial charge on any atom is -0.477 e. The highest BCUT2D eigenvalue weighted by Gasteiger charge is 2.24. The molecule has 5 rings (SSSR count). The number of nitro benzene ring substituents is 1. The molecule has 0 aliphatic rings. The summed E-state index contributed by atoms with van der Waals surface area (Å²) in [7, 11) is 1.56. The number of para-hydroxylation sites is 1. The Morgan fingerprint density at radius 3 is 2.30 bits per heavy atom. The highest BCUT2D eigenvalue weighted by molar-refractivity contribution is 6.02. The van der Waals surface area contributed by atoms with Gasteiger partial charge in [0.2, 0.25) is 0 Å². The average Bonchev–Trinajstić information content (AvgIpc) is 3.27. The minimum atomic E-state index is -1.19. The quantitative estimate of drug-likeness (QED) is 0.237. The number of aromatic carboxylic acids is 1. The lowest BCUT2D eigenvalue weighted by atomic mass is 10.0. The van der Waals surface area contributed by atoms with Gasteiger partial charge in [-0.25, -0.2) is 4.79 Å². The van der Waals surface area contributed by atoms with Gasteiger partial charge in [-0.05, 0) is 29.8 Å². The van der Waals surface area contributed by atoms with Gasteiger partial charge in [-0.2, -0.15) is 0 Å². The Kier molecular flexibility index (Phi) is 6.02. The highest BCUT2D eigenvalue weighted by atomic mass is 16.6. The molecule has 0 amide bonds. The summed E-state index contributed by atoms with van der Waals surface area (Å²) in [5.41, 5.74) is 1.16. The van der Waals surface area contributed by atoms with E-state index in [1.165, 1.54) is 33.4 Å². The van der Waals surface area contributed by atoms with E-state index in [1.54, 1.807) is 37.5 Å². The molecule has 0 saturated carbocycles. The van der Waals surface area contributed by atoms with Crippen LogP contribution in [0.25, 0.3) is 22.0 Å². The number of pyridine rings is 1. The topological polar surface area (TPSA) is 117 Å². The van der Waals surface area contributed by atoms with E-state index in [2.05, 4.69) is 0 Å². The van der Waals surface area contributed by atoms with E-state index in [1.807, 2.05) is 36.4 Å². The maximum atomic E-state index is 13.3. The van der Waals surface area contributed by atoms with Crippen molar-refractivity contribution in [3.05, 3.63) is 123 Å². The standard InChI is InChI=1S/C28H21N3O6/c1-29-17-23(21-14-19(31(35)36)12-13-25(21)37-20-10-6-3-7-11-20)22-15-24(28(33)34)30(26(22)27(29)32)16-18-8-4-2-5-9-18/h2-15,17H,16H2,1H3,(H,33,34). The molecule has 0 radical (unpaired) electrons. The van der Waals surface area contributed by atoms with Crippen LogP contribution in [0.5, 0.6) is 11.5 Å². The first-order valence-corrected chi connectivity index (χ1v) is 11.4. The van der Waals surface area contributed by atoms with Crippen molar-refractivity contribution >= 4 is 22.6 Å². The van der Waals surface area contributed by atoms with Crippen LogP contribution in [0.15, 0.2) is 95.9 Å². The van der Waals surface area contributed by atoms with E-state index < -0.39 is 16.5 Å². The van der Waals surface area contributed by atoms with Crippen molar-refractivity contribution < 1.29 is 19.6 Å². The number of nitrogens with zero attached hydrogens (tertiary/aromatic N) is 3. The number of carbonyl (C=O) groups is 1. The number of aryl methyl sites for hydroxylation is 1. The molecule has 184 valence electrons. The van der Waals surface area contributed by atoms with Crippen molar-refractivity contribution in [1.82, 2.24) is 9.13 Å². The molecular formula is C28H21N3O6. The number of fused-ring (bicyclic) bond motifs is 1. The third-order valence-electron chi connectivity index (χ3n) is 6.07. The van der Waals surface area contributed by atoms with Crippen LogP contribution in [0.3, 0.4) is 0 Å². The van der Waals surface area contributed by atoms with Crippen LogP contribution in [0.4, 0.5) is 5.69 Å². The summed E-state index contributed by atoms with van der Waals surface area (Å²) < 4.78 is 8.87. The van der Waals surface area contributed by atoms with Gasteiger partial charge in [0.05, 0.1) is 4.92 Å². The molecule has 37 heavy (non-hydrogen) atoms. The van der Waals surface area contributed by atoms with Crippen LogP contribution in [0.2, 0.25) is 0 Å². The van der Waals surface area contributed by atoms with Crippen molar-refractivity contribution in [2.24, 2.45) is 7.05 Å². The molecular weight excluding hydrogens is 474 g/mol. The number of carboxylic acids is 1. The van der Waals surface area contributed by atoms with Gasteiger partial charge in [0.15, 0.2) is 0 Å². The molecule has 1 N–H and O–H groups in total. The number of hydrogen-bond donors (Lipinski definition) is 1. The fourth-order valence-corrected chi connectivity index (χ4v) is 4.34. The zero-order valence-electron chi connectivity index (χ0n) is 19.7. The lowest BCUT2D eigenvalue weighted by Gasteiger charge is -2.14. The summed E-state index contributed by atoms with van der Waals surface area (Å²) in [6.07, 6.45) is 1.54. The molecule has 0 aliphatic carbocycles. The molecule has 0 bridgehead atoms. The van der Waals surface area contributed by atoms with Crippen molar-refractivity contribution in [3.63, 3.8) is 0 Å². The first-order valence-electron chi connectivity index (χ1n) is 11.4. The molecule has 0 spiro atoms. The van der Waals surface area contributed by atoms with Crippen molar-refractivity contribution in [3.8, 4) is 22.6 Å². The van der Waals surface area contributed by atoms with Gasteiger partial charge < -0.3 is 19.0 Å². The maximum Gasteiger partial charge on any atom is 0.352 e. The van der Waals surface area contributed by atoms with Gasteiger partial charge in [-0.15, -0.1) is 0 Å². The monoisotopic (exact) mass is 495 g/mol. The number of benzene rings is 3. The molecule has 0 fully saturated rings. The number of nitro groups is 1. The first kappa shape index (κ1) is 23.6. The van der Waals surface area contributed by atoms with E-state index in [-0.39, 0.29) is 23.4 Å². The zero-order chi connectivity index (χ0) is 26.1. The van der Waals surface area contributed by atoms with E-state index >= 15 is 0 Å². The molecule has 0 atom stereocenters. The first-order chi connectivity index (χ1) is 17.8. The van der Waals surface area contributed by atoms with E-state index in [9.17, 15) is 24.8 Å². The Labute approximate surface area is 210 Å². The number of aromatic nitrogens is 2. The van der Waals surface area contributed by atoms with E-state index in [0.717, 1.165) is 5.56 Å². The van der Waals surface area contributed by atoms with Crippen LogP contribution in [0.1, 0.15) is 16.1 Å². The molecule has 2 aromatic heterocycles. The van der Waals surface area contributed by atoms with Crippen molar-refractivity contribution in [2.75, 3.05) is 0 Å². The predicted molar refractivity (Wildman–Crippen MR) is 138 cm³/mol. The van der Waals surface area contributed by atoms with Crippen molar-refractivity contribution in [2.45, 2.75) is 6.54 Å². The molecule has 9 nitrogen and oxygen atoms in total. The van der Waals surface area contributed by atoms with Crippen LogP contribution >= 0.6 is 0 Å². The largest absolute Gasteiger partial charge is 0.477 e. The zero-order valence-corrected chi connectivity index (χ0v) is 19.7. The van der Waals surface area contributed by atoms with E-state index in [0.29, 0.717) is 28.0 Å². The number of ether oxygens (including phenoxy) is 1. The van der Waals surface area contributed by atoms with Gasteiger partial charge in [0.25, 0.3) is 11.2 Å². The summed E-state index contributed by atoms with van der Waals surface area (Å²) in [5, 5.41) is 22.0. The predicted octanol–water partition coefficient (Wildman–Crippen LogP) is 5.45. The Balaban J connectivity index is 1.80. The minimum absolute atomic E-state index is 0.0700. The lowest BCUT2D eigenvalue weighted by molar-refractivity contribution is -0.384. The summed E-state index contributed by atoms with van der Waals surface area (Å²) in [5.74, 6) is -0.351. The van der Waals surface area contributed by atoms with E-state index in [4.69, 9.17) is 4.74 Å². The second kappa shape index (κ2) is 9.46. The number of carboxylic acid groups (broad SMARTS) is 1. The summed E-state index contributed by atoms with van der Waals surface area (Å²) in [6.45, 7) is 0.160. The van der Waals surface area contributed by atoms with Crippen LogP contribution < -0.4 is 10.3 Å². The second-order valence-corrected chi connectivity index (χ2v) is 8.48. The fourth-order valence-electron chi connectivity index (χ4n) is 4.34. The summed E-state index contributed by atoms with van der Waals surface area (Å²) >= 11 is 0. The SMILES string of the molecule is Cn1cc(-c2cc([N+](=O)[O-])ccc2Oc2ccccc2)c2cc(C(=O)O)n(Cc3ccccc3)c2c1=O. The molecule has 3 aromatic carbocycles. The van der Waals surface area contributed by atoms with Gasteiger partial charge >= 0.3 is 5.97 Å². The van der Waals surface area contributed by atoms with Crippen LogP contribution in [-0.4, -0.2) is 25.1 Å². The van der Waals surface area contributed by atoms with Gasteiger partial charge in [-0.1, -0.05) is 48.5 Å². The molecule has 2 heterocycles. The third kappa shape index (κ3) is 4.45. The molecule has 0 unspecified atom stereocenters. The smallest absolute Gasteiger partial charge is 0.352 e. The molecule has 0 saturated heterocycles. The Morgan fingerprint density at radius 1 is 0.973 bits per heavy atom. The number of rotatable bonds is 7. The Hall–Kier alpha value is -5.18. The van der Waals surface area contributed by atoms with Gasteiger partial charge in [0.1, 0.15) is 22.7 Å². The average molecular weight is 495 g/mol. The summed E-state index contributed by atoms with van der Waals surface area (Å²) in [6, 6.07) is 23.8. The summed E-state index contributed by atoms with van der Waals surface area (Å²) in [4.78, 5) is 36.7. The fraction of sp³-hybridized carbons (Fsp3) is 0.0714. The highest BCUT2D eigenvalue weighted by Crippen LogP contribution is 2.39. The molecule has 0 aliphatic heterocycles. The second-order valence-electron chi connectivity index (χ2n) is 8.48. The lowest BCUT2D eigenvalue weighted by Crippen LogP contribution is -2.21. The van der Waals surface area contributed by atoms with Gasteiger partial charge in [0, 0.05) is 48.4 Å². The number of hydrogen-bond acceptors (Lipinski definition) is 5. The van der Waals surface area contributed by atoms with Crippen LogP contribution in [0, 0.1) is 10.1 Å². The van der Waals surface area contributed by atoms with Gasteiger partial charge in [-0.3, -0.25) is 14.9 Å². The molecule has 9 heteroatoms. The maximum absolute atomic E-state index is 13.3. The third-order valence-corrected chi connectivity index (χ3v) is 6.07.